The van der Waals surface area contributed by atoms with Gasteiger partial charge in [0.1, 0.15) is 0 Å². The second-order valence-corrected chi connectivity index (χ2v) is 7.83. The Bertz CT molecular complexity index is 557. The molecule has 1 aromatic carbocycles. The lowest BCUT2D eigenvalue weighted by Gasteiger charge is -2.48. The highest BCUT2D eigenvalue weighted by molar-refractivity contribution is 7.89. The second-order valence-electron chi connectivity index (χ2n) is 5.16. The van der Waals surface area contributed by atoms with Crippen LogP contribution in [-0.2, 0) is 10.0 Å². The number of hydrogen-bond donors (Lipinski definition) is 1. The first-order chi connectivity index (χ1) is 8.23. The molecule has 0 aromatic heterocycles. The van der Waals surface area contributed by atoms with E-state index in [0.29, 0.717) is 11.4 Å². The van der Waals surface area contributed by atoms with Crippen molar-refractivity contribution < 1.29 is 8.42 Å². The van der Waals surface area contributed by atoms with Gasteiger partial charge in [-0.25, -0.2) is 13.1 Å². The molecule has 1 aliphatic rings. The van der Waals surface area contributed by atoms with Gasteiger partial charge in [-0.2, -0.15) is 0 Å². The van der Waals surface area contributed by atoms with E-state index in [1.807, 2.05) is 13.8 Å². The second kappa shape index (κ2) is 4.67. The van der Waals surface area contributed by atoms with Crippen molar-refractivity contribution in [3.63, 3.8) is 0 Å². The fourth-order valence-corrected chi connectivity index (χ4v) is 4.00. The number of nitrogens with one attached hydrogen (secondary N) is 1. The average Bonchev–Trinajstić information content (AvgIpc) is 2.28. The van der Waals surface area contributed by atoms with E-state index in [1.165, 1.54) is 12.1 Å². The Hall–Kier alpha value is -0.290. The van der Waals surface area contributed by atoms with Crippen molar-refractivity contribution in [3.05, 3.63) is 29.3 Å². The molecule has 0 radical (unpaired) electrons. The Balaban J connectivity index is 2.19. The van der Waals surface area contributed by atoms with Crippen LogP contribution in [0.1, 0.15) is 20.3 Å². The van der Waals surface area contributed by atoms with Crippen molar-refractivity contribution >= 4 is 33.2 Å². The minimum absolute atomic E-state index is 0.00422. The van der Waals surface area contributed by atoms with Crippen molar-refractivity contribution in [1.82, 2.24) is 4.72 Å². The highest BCUT2D eigenvalue weighted by Crippen LogP contribution is 2.44. The number of benzene rings is 1. The first-order valence-electron chi connectivity index (χ1n) is 5.65. The predicted octanol–water partition coefficient (Wildman–Crippen LogP) is 3.02. The molecule has 2 atom stereocenters. The Morgan fingerprint density at radius 2 is 2.06 bits per heavy atom. The molecule has 2 rings (SSSR count). The van der Waals surface area contributed by atoms with E-state index >= 15 is 0 Å². The third-order valence-electron chi connectivity index (χ3n) is 3.55. The first kappa shape index (κ1) is 14.1. The van der Waals surface area contributed by atoms with Gasteiger partial charge in [-0.05, 0) is 30.0 Å². The Morgan fingerprint density at radius 1 is 1.39 bits per heavy atom. The molecule has 1 saturated carbocycles. The maximum Gasteiger partial charge on any atom is 0.240 e. The smallest absolute Gasteiger partial charge is 0.207 e. The summed E-state index contributed by atoms with van der Waals surface area (Å²) in [6.45, 7) is 3.92. The summed E-state index contributed by atoms with van der Waals surface area (Å²) in [5.41, 5.74) is -0.229. The molecule has 0 spiro atoms. The summed E-state index contributed by atoms with van der Waals surface area (Å²) in [7, 11) is -3.53. The molecule has 0 saturated heterocycles. The van der Waals surface area contributed by atoms with Crippen LogP contribution >= 0.6 is 23.2 Å². The first-order valence-corrected chi connectivity index (χ1v) is 7.95. The zero-order valence-electron chi connectivity index (χ0n) is 10.2. The molecule has 1 aromatic rings. The Labute approximate surface area is 118 Å². The van der Waals surface area contributed by atoms with Crippen LogP contribution in [0.3, 0.4) is 0 Å². The van der Waals surface area contributed by atoms with Gasteiger partial charge in [0, 0.05) is 16.4 Å². The van der Waals surface area contributed by atoms with Gasteiger partial charge in [0.05, 0.1) is 4.90 Å². The van der Waals surface area contributed by atoms with E-state index in [9.17, 15) is 8.42 Å². The molecule has 0 amide bonds. The van der Waals surface area contributed by atoms with Crippen LogP contribution in [-0.4, -0.2) is 19.8 Å². The maximum atomic E-state index is 12.2. The summed E-state index contributed by atoms with van der Waals surface area (Å²) in [6, 6.07) is 6.09. The Kier molecular flexibility index (Phi) is 3.67. The highest BCUT2D eigenvalue weighted by atomic mass is 35.5. The molecule has 3 nitrogen and oxygen atoms in total. The lowest BCUT2D eigenvalue weighted by molar-refractivity contribution is 0.137. The SMILES string of the molecule is CC1(C)C(Cl)CC1NS(=O)(=O)c1cccc(Cl)c1. The normalized spacial score (nSPS) is 26.7. The zero-order valence-corrected chi connectivity index (χ0v) is 12.5. The van der Waals surface area contributed by atoms with E-state index in [0.717, 1.165) is 0 Å². The largest absolute Gasteiger partial charge is 0.240 e. The molecule has 100 valence electrons. The van der Waals surface area contributed by atoms with E-state index in [1.54, 1.807) is 12.1 Å². The van der Waals surface area contributed by atoms with Crippen molar-refractivity contribution in [3.8, 4) is 0 Å². The molecular weight excluding hydrogens is 293 g/mol. The Morgan fingerprint density at radius 3 is 2.56 bits per heavy atom. The third-order valence-corrected chi connectivity index (χ3v) is 6.00. The molecule has 6 heteroatoms. The van der Waals surface area contributed by atoms with E-state index in [4.69, 9.17) is 23.2 Å². The molecule has 0 aliphatic heterocycles. The summed E-state index contributed by atoms with van der Waals surface area (Å²) in [6.07, 6.45) is 0.647. The highest BCUT2D eigenvalue weighted by Gasteiger charge is 2.48. The minimum atomic E-state index is -3.53. The standard InChI is InChI=1S/C12H15Cl2NO2S/c1-12(2)10(14)7-11(12)15-18(16,17)9-5-3-4-8(13)6-9/h3-6,10-11,15H,7H2,1-2H3. The van der Waals surface area contributed by atoms with Gasteiger partial charge in [-0.15, -0.1) is 11.6 Å². The van der Waals surface area contributed by atoms with Crippen LogP contribution in [0.5, 0.6) is 0 Å². The molecule has 2 unspecified atom stereocenters. The van der Waals surface area contributed by atoms with Gasteiger partial charge in [-0.1, -0.05) is 31.5 Å². The topological polar surface area (TPSA) is 46.2 Å². The van der Waals surface area contributed by atoms with Crippen LogP contribution in [0.15, 0.2) is 29.2 Å². The van der Waals surface area contributed by atoms with Gasteiger partial charge in [0.25, 0.3) is 0 Å². The summed E-state index contributed by atoms with van der Waals surface area (Å²) in [5.74, 6) is 0. The molecule has 1 aliphatic carbocycles. The van der Waals surface area contributed by atoms with Crippen LogP contribution < -0.4 is 4.72 Å². The summed E-state index contributed by atoms with van der Waals surface area (Å²) >= 11 is 11.9. The van der Waals surface area contributed by atoms with Gasteiger partial charge in [-0.3, -0.25) is 0 Å². The fraction of sp³-hybridized carbons (Fsp3) is 0.500. The molecule has 0 bridgehead atoms. The van der Waals surface area contributed by atoms with Gasteiger partial charge < -0.3 is 0 Å². The summed E-state index contributed by atoms with van der Waals surface area (Å²) in [4.78, 5) is 0.184. The number of halogens is 2. The van der Waals surface area contributed by atoms with Gasteiger partial charge >= 0.3 is 0 Å². The lowest BCUT2D eigenvalue weighted by atomic mass is 9.67. The van der Waals surface area contributed by atoms with Crippen molar-refractivity contribution in [2.24, 2.45) is 5.41 Å². The molecule has 1 fully saturated rings. The van der Waals surface area contributed by atoms with Gasteiger partial charge in [0.15, 0.2) is 0 Å². The quantitative estimate of drug-likeness (QED) is 0.873. The van der Waals surface area contributed by atoms with E-state index in [2.05, 4.69) is 4.72 Å². The van der Waals surface area contributed by atoms with Crippen LogP contribution in [0, 0.1) is 5.41 Å². The van der Waals surface area contributed by atoms with Crippen LogP contribution in [0.25, 0.3) is 0 Å². The van der Waals surface area contributed by atoms with Crippen molar-refractivity contribution in [1.29, 1.82) is 0 Å². The van der Waals surface area contributed by atoms with Crippen molar-refractivity contribution in [2.45, 2.75) is 36.6 Å². The van der Waals surface area contributed by atoms with E-state index in [-0.39, 0.29) is 21.7 Å². The van der Waals surface area contributed by atoms with Crippen molar-refractivity contribution in [2.75, 3.05) is 0 Å². The van der Waals surface area contributed by atoms with Crippen LogP contribution in [0.2, 0.25) is 5.02 Å². The fourth-order valence-electron chi connectivity index (χ4n) is 1.96. The van der Waals surface area contributed by atoms with E-state index < -0.39 is 10.0 Å². The minimum Gasteiger partial charge on any atom is -0.207 e. The van der Waals surface area contributed by atoms with Crippen LogP contribution in [0.4, 0.5) is 0 Å². The monoisotopic (exact) mass is 307 g/mol. The number of hydrogen-bond acceptors (Lipinski definition) is 2. The maximum absolute atomic E-state index is 12.2. The number of alkyl halides is 1. The predicted molar refractivity (Wildman–Crippen MR) is 73.6 cm³/mol. The lowest BCUT2D eigenvalue weighted by Crippen LogP contribution is -2.59. The zero-order chi connectivity index (χ0) is 13.6. The number of sulfonamides is 1. The number of rotatable bonds is 3. The molecule has 0 heterocycles. The molecule has 1 N–H and O–H groups in total. The average molecular weight is 308 g/mol. The summed E-state index contributed by atoms with van der Waals surface area (Å²) < 4.78 is 27.0. The molecule has 18 heavy (non-hydrogen) atoms. The van der Waals surface area contributed by atoms with Gasteiger partial charge in [0.2, 0.25) is 10.0 Å². The summed E-state index contributed by atoms with van der Waals surface area (Å²) in [5, 5.41) is 0.408. The molecular formula is C12H15Cl2NO2S. The third kappa shape index (κ3) is 2.52.